The third-order valence-electron chi connectivity index (χ3n) is 4.39. The van der Waals surface area contributed by atoms with Gasteiger partial charge in [0.1, 0.15) is 5.75 Å². The fourth-order valence-electron chi connectivity index (χ4n) is 3.11. The van der Waals surface area contributed by atoms with E-state index in [1.807, 2.05) is 7.05 Å². The molecule has 1 saturated carbocycles. The maximum atomic E-state index is 5.54. The molecule has 1 fully saturated rings. The minimum absolute atomic E-state index is 0.317. The number of methoxy groups -OCH3 is 1. The van der Waals surface area contributed by atoms with E-state index < -0.39 is 0 Å². The molecular weight excluding hydrogens is 222 g/mol. The lowest BCUT2D eigenvalue weighted by molar-refractivity contribution is 0.407. The highest BCUT2D eigenvalue weighted by Gasteiger charge is 2.58. The summed E-state index contributed by atoms with van der Waals surface area (Å²) in [5, 5.41) is 3.42. The van der Waals surface area contributed by atoms with Crippen LogP contribution in [0.5, 0.6) is 5.75 Å². The Morgan fingerprint density at radius 3 is 2.39 bits per heavy atom. The van der Waals surface area contributed by atoms with Gasteiger partial charge in [0.05, 0.1) is 7.11 Å². The molecule has 0 bridgehead atoms. The van der Waals surface area contributed by atoms with Crippen LogP contribution in [-0.2, 0) is 0 Å². The second-order valence-electron chi connectivity index (χ2n) is 6.22. The largest absolute Gasteiger partial charge is 0.496 e. The standard InChI is InChI=1S/C16H25NO/c1-10(2)11-7-8-13(18-6)12(9-11)14-15(17-5)16(14,3)4/h7-10,14-15,17H,1-6H3. The monoisotopic (exact) mass is 247 g/mol. The Labute approximate surface area is 111 Å². The van der Waals surface area contributed by atoms with Crippen molar-refractivity contribution in [2.24, 2.45) is 5.41 Å². The molecule has 0 aliphatic heterocycles. The number of hydrogen-bond acceptors (Lipinski definition) is 2. The maximum absolute atomic E-state index is 5.54. The Balaban J connectivity index is 2.40. The highest BCUT2D eigenvalue weighted by molar-refractivity contribution is 5.47. The molecule has 0 amide bonds. The van der Waals surface area contributed by atoms with E-state index >= 15 is 0 Å². The first kappa shape index (κ1) is 13.4. The average Bonchev–Trinajstić information content (AvgIpc) is 2.89. The van der Waals surface area contributed by atoms with E-state index in [4.69, 9.17) is 4.74 Å². The Hall–Kier alpha value is -1.02. The summed E-state index contributed by atoms with van der Waals surface area (Å²) in [6.45, 7) is 9.11. The van der Waals surface area contributed by atoms with Crippen molar-refractivity contribution in [2.45, 2.75) is 45.6 Å². The first-order valence-electron chi connectivity index (χ1n) is 6.78. The van der Waals surface area contributed by atoms with Crippen molar-refractivity contribution >= 4 is 0 Å². The summed E-state index contributed by atoms with van der Waals surface area (Å²) in [4.78, 5) is 0. The van der Waals surface area contributed by atoms with Crippen LogP contribution < -0.4 is 10.1 Å². The van der Waals surface area contributed by atoms with Gasteiger partial charge >= 0.3 is 0 Å². The van der Waals surface area contributed by atoms with E-state index in [9.17, 15) is 0 Å². The van der Waals surface area contributed by atoms with Gasteiger partial charge in [-0.3, -0.25) is 0 Å². The molecule has 1 N–H and O–H groups in total. The van der Waals surface area contributed by atoms with Gasteiger partial charge in [-0.15, -0.1) is 0 Å². The number of likely N-dealkylation sites (N-methyl/N-ethyl adjacent to an activating group) is 1. The van der Waals surface area contributed by atoms with Crippen LogP contribution >= 0.6 is 0 Å². The summed E-state index contributed by atoms with van der Waals surface area (Å²) < 4.78 is 5.54. The maximum Gasteiger partial charge on any atom is 0.122 e. The quantitative estimate of drug-likeness (QED) is 0.879. The molecule has 1 aliphatic carbocycles. The summed E-state index contributed by atoms with van der Waals surface area (Å²) >= 11 is 0. The van der Waals surface area contributed by atoms with Crippen molar-refractivity contribution < 1.29 is 4.74 Å². The van der Waals surface area contributed by atoms with Crippen LogP contribution in [0.25, 0.3) is 0 Å². The predicted octanol–water partition coefficient (Wildman–Crippen LogP) is 3.53. The lowest BCUT2D eigenvalue weighted by Gasteiger charge is -2.13. The Bertz CT molecular complexity index is 437. The van der Waals surface area contributed by atoms with Crippen molar-refractivity contribution in [3.63, 3.8) is 0 Å². The number of benzene rings is 1. The highest BCUT2D eigenvalue weighted by atomic mass is 16.5. The molecule has 0 aromatic heterocycles. The molecule has 2 rings (SSSR count). The van der Waals surface area contributed by atoms with Crippen LogP contribution in [0.2, 0.25) is 0 Å². The molecule has 1 aliphatic rings. The fraction of sp³-hybridized carbons (Fsp3) is 0.625. The van der Waals surface area contributed by atoms with Gasteiger partial charge in [-0.2, -0.15) is 0 Å². The normalized spacial score (nSPS) is 25.3. The second kappa shape index (κ2) is 4.58. The second-order valence-corrected chi connectivity index (χ2v) is 6.22. The Morgan fingerprint density at radius 2 is 1.94 bits per heavy atom. The molecule has 0 spiro atoms. The lowest BCUT2D eigenvalue weighted by atomic mass is 9.95. The zero-order valence-corrected chi connectivity index (χ0v) is 12.4. The van der Waals surface area contributed by atoms with Crippen LogP contribution in [0.4, 0.5) is 0 Å². The summed E-state index contributed by atoms with van der Waals surface area (Å²) in [6.07, 6.45) is 0. The van der Waals surface area contributed by atoms with Crippen molar-refractivity contribution in [3.8, 4) is 5.75 Å². The molecule has 2 atom stereocenters. The summed E-state index contributed by atoms with van der Waals surface area (Å²) in [6, 6.07) is 7.17. The first-order chi connectivity index (χ1) is 8.43. The first-order valence-corrected chi connectivity index (χ1v) is 6.78. The lowest BCUT2D eigenvalue weighted by Crippen LogP contribution is -2.14. The van der Waals surface area contributed by atoms with Gasteiger partial charge in [0.2, 0.25) is 0 Å². The third-order valence-corrected chi connectivity index (χ3v) is 4.39. The highest BCUT2D eigenvalue weighted by Crippen LogP contribution is 2.60. The molecule has 2 unspecified atom stereocenters. The molecule has 2 nitrogen and oxygen atoms in total. The minimum atomic E-state index is 0.317. The fourth-order valence-corrected chi connectivity index (χ4v) is 3.11. The van der Waals surface area contributed by atoms with Gasteiger partial charge in [0.15, 0.2) is 0 Å². The van der Waals surface area contributed by atoms with E-state index in [-0.39, 0.29) is 0 Å². The molecule has 100 valence electrons. The third kappa shape index (κ3) is 2.03. The average molecular weight is 247 g/mol. The van der Waals surface area contributed by atoms with Gasteiger partial charge in [-0.1, -0.05) is 39.8 Å². The van der Waals surface area contributed by atoms with Gasteiger partial charge < -0.3 is 10.1 Å². The smallest absolute Gasteiger partial charge is 0.122 e. The summed E-state index contributed by atoms with van der Waals surface area (Å²) in [5.74, 6) is 2.14. The van der Waals surface area contributed by atoms with Crippen molar-refractivity contribution in [1.82, 2.24) is 5.32 Å². The van der Waals surface area contributed by atoms with Crippen LogP contribution in [0.15, 0.2) is 18.2 Å². The van der Waals surface area contributed by atoms with E-state index in [1.54, 1.807) is 7.11 Å². The molecule has 2 heteroatoms. The SMILES string of the molecule is CNC1C(c2cc(C(C)C)ccc2OC)C1(C)C. The van der Waals surface area contributed by atoms with Crippen molar-refractivity contribution in [2.75, 3.05) is 14.2 Å². The van der Waals surface area contributed by atoms with Gasteiger partial charge in [-0.25, -0.2) is 0 Å². The molecule has 1 aromatic carbocycles. The van der Waals surface area contributed by atoms with Crippen LogP contribution in [0, 0.1) is 5.41 Å². The molecule has 1 aromatic rings. The van der Waals surface area contributed by atoms with E-state index in [0.29, 0.717) is 23.3 Å². The topological polar surface area (TPSA) is 21.3 Å². The summed E-state index contributed by atoms with van der Waals surface area (Å²) in [7, 11) is 3.81. The summed E-state index contributed by atoms with van der Waals surface area (Å²) in [5.41, 5.74) is 3.06. The number of nitrogens with one attached hydrogen (secondary N) is 1. The molecular formula is C16H25NO. The molecule has 0 heterocycles. The zero-order chi connectivity index (χ0) is 13.5. The number of ether oxygens (including phenoxy) is 1. The van der Waals surface area contributed by atoms with Crippen molar-refractivity contribution in [3.05, 3.63) is 29.3 Å². The van der Waals surface area contributed by atoms with E-state index in [2.05, 4.69) is 51.2 Å². The molecule has 0 saturated heterocycles. The van der Waals surface area contributed by atoms with Gasteiger partial charge in [-0.05, 0) is 35.6 Å². The number of hydrogen-bond donors (Lipinski definition) is 1. The van der Waals surface area contributed by atoms with E-state index in [1.165, 1.54) is 11.1 Å². The minimum Gasteiger partial charge on any atom is -0.496 e. The molecule has 18 heavy (non-hydrogen) atoms. The number of rotatable bonds is 4. The molecule has 0 radical (unpaired) electrons. The Kier molecular flexibility index (Phi) is 3.41. The zero-order valence-electron chi connectivity index (χ0n) is 12.4. The Morgan fingerprint density at radius 1 is 1.28 bits per heavy atom. The van der Waals surface area contributed by atoms with Gasteiger partial charge in [0.25, 0.3) is 0 Å². The van der Waals surface area contributed by atoms with Gasteiger partial charge in [0, 0.05) is 12.0 Å². The van der Waals surface area contributed by atoms with Crippen LogP contribution in [0.1, 0.15) is 50.7 Å². The van der Waals surface area contributed by atoms with Crippen LogP contribution in [-0.4, -0.2) is 20.2 Å². The van der Waals surface area contributed by atoms with E-state index in [0.717, 1.165) is 5.75 Å². The van der Waals surface area contributed by atoms with Crippen LogP contribution in [0.3, 0.4) is 0 Å². The van der Waals surface area contributed by atoms with Crippen molar-refractivity contribution in [1.29, 1.82) is 0 Å². The predicted molar refractivity (Wildman–Crippen MR) is 76.5 cm³/mol.